The second-order valence-corrected chi connectivity index (χ2v) is 6.10. The highest BCUT2D eigenvalue weighted by Crippen LogP contribution is 2.08. The minimum atomic E-state index is -0.269. The Hall–Kier alpha value is -3.35. The maximum absolute atomic E-state index is 12.9. The number of halogens is 1. The first-order valence-corrected chi connectivity index (χ1v) is 8.56. The number of nitrogens with one attached hydrogen (secondary N) is 1. The molecule has 1 aromatic carbocycles. The van der Waals surface area contributed by atoms with E-state index in [4.69, 9.17) is 0 Å². The first-order chi connectivity index (χ1) is 13.1. The Morgan fingerprint density at radius 1 is 1.04 bits per heavy atom. The molecule has 0 spiro atoms. The van der Waals surface area contributed by atoms with Crippen LogP contribution in [0, 0.1) is 5.82 Å². The van der Waals surface area contributed by atoms with Crippen LogP contribution in [0.15, 0.2) is 61.2 Å². The lowest BCUT2D eigenvalue weighted by Gasteiger charge is -2.16. The van der Waals surface area contributed by atoms with Gasteiger partial charge in [0.05, 0.1) is 12.4 Å². The molecule has 3 rings (SSSR count). The smallest absolute Gasteiger partial charge is 0.273 e. The lowest BCUT2D eigenvalue weighted by atomic mass is 10.2. The van der Waals surface area contributed by atoms with E-state index in [0.29, 0.717) is 24.6 Å². The molecule has 27 heavy (non-hydrogen) atoms. The van der Waals surface area contributed by atoms with Gasteiger partial charge in [0.15, 0.2) is 0 Å². The number of likely N-dealkylation sites (N-methyl/N-ethyl adjacent to an activating group) is 1. The van der Waals surface area contributed by atoms with Crippen molar-refractivity contribution in [2.75, 3.05) is 18.9 Å². The van der Waals surface area contributed by atoms with E-state index in [2.05, 4.69) is 20.3 Å². The van der Waals surface area contributed by atoms with Gasteiger partial charge in [-0.05, 0) is 41.8 Å². The molecule has 1 N–H and O–H groups in total. The van der Waals surface area contributed by atoms with Gasteiger partial charge in [-0.3, -0.25) is 9.78 Å². The molecular weight excluding hydrogens is 345 g/mol. The number of carbonyl (C=O) groups is 1. The largest absolute Gasteiger partial charge is 0.365 e. The quantitative estimate of drug-likeness (QED) is 0.697. The van der Waals surface area contributed by atoms with Crippen molar-refractivity contribution in [3.63, 3.8) is 0 Å². The monoisotopic (exact) mass is 365 g/mol. The Balaban J connectivity index is 1.52. The summed E-state index contributed by atoms with van der Waals surface area (Å²) in [6.07, 6.45) is 7.20. The molecule has 138 valence electrons. The third kappa shape index (κ3) is 5.31. The van der Waals surface area contributed by atoms with Crippen LogP contribution >= 0.6 is 0 Å². The predicted molar refractivity (Wildman–Crippen MR) is 101 cm³/mol. The van der Waals surface area contributed by atoms with Gasteiger partial charge in [0, 0.05) is 32.5 Å². The fourth-order valence-corrected chi connectivity index (χ4v) is 2.47. The van der Waals surface area contributed by atoms with Crippen LogP contribution in [0.1, 0.15) is 21.6 Å². The number of amides is 1. The standard InChI is InChI=1S/C20H20FN5O/c1-26(11-8-15-6-9-22-10-7-15)20(27)18-13-25-19(14-23-18)24-12-16-2-4-17(21)5-3-16/h2-7,9-10,13-14H,8,11-12H2,1H3,(H,24,25). The number of nitrogens with zero attached hydrogens (tertiary/aromatic N) is 4. The summed E-state index contributed by atoms with van der Waals surface area (Å²) in [6, 6.07) is 10.1. The molecule has 0 bridgehead atoms. The Morgan fingerprint density at radius 2 is 1.78 bits per heavy atom. The summed E-state index contributed by atoms with van der Waals surface area (Å²) in [6.45, 7) is 1.07. The molecule has 2 aromatic heterocycles. The maximum Gasteiger partial charge on any atom is 0.273 e. The number of hydrogen-bond donors (Lipinski definition) is 1. The Kier molecular flexibility index (Phi) is 6.04. The Labute approximate surface area is 157 Å². The van der Waals surface area contributed by atoms with Gasteiger partial charge in [0.2, 0.25) is 0 Å². The van der Waals surface area contributed by atoms with Crippen LogP contribution in [0.25, 0.3) is 0 Å². The number of hydrogen-bond acceptors (Lipinski definition) is 5. The van der Waals surface area contributed by atoms with Crippen LogP contribution in [-0.4, -0.2) is 39.4 Å². The molecule has 3 aromatic rings. The van der Waals surface area contributed by atoms with Gasteiger partial charge in [-0.1, -0.05) is 12.1 Å². The summed E-state index contributed by atoms with van der Waals surface area (Å²) in [5, 5.41) is 3.10. The second kappa shape index (κ2) is 8.84. The van der Waals surface area contributed by atoms with E-state index in [-0.39, 0.29) is 11.7 Å². The summed E-state index contributed by atoms with van der Waals surface area (Å²) in [4.78, 5) is 26.5. The van der Waals surface area contributed by atoms with Crippen molar-refractivity contribution >= 4 is 11.7 Å². The predicted octanol–water partition coefficient (Wildman–Crippen LogP) is 2.94. The SMILES string of the molecule is CN(CCc1ccncc1)C(=O)c1cnc(NCc2ccc(F)cc2)cn1. The van der Waals surface area contributed by atoms with Crippen LogP contribution in [-0.2, 0) is 13.0 Å². The first-order valence-electron chi connectivity index (χ1n) is 8.56. The van der Waals surface area contributed by atoms with Crippen molar-refractivity contribution in [1.29, 1.82) is 0 Å². The van der Waals surface area contributed by atoms with Gasteiger partial charge in [-0.15, -0.1) is 0 Å². The maximum atomic E-state index is 12.9. The van der Waals surface area contributed by atoms with Crippen molar-refractivity contribution in [2.24, 2.45) is 0 Å². The van der Waals surface area contributed by atoms with Crippen LogP contribution in [0.3, 0.4) is 0 Å². The van der Waals surface area contributed by atoms with Crippen molar-refractivity contribution in [3.8, 4) is 0 Å². The van der Waals surface area contributed by atoms with Gasteiger partial charge in [-0.2, -0.15) is 0 Å². The lowest BCUT2D eigenvalue weighted by Crippen LogP contribution is -2.29. The molecule has 6 nitrogen and oxygen atoms in total. The zero-order valence-corrected chi connectivity index (χ0v) is 15.0. The average Bonchev–Trinajstić information content (AvgIpc) is 2.72. The molecule has 0 atom stereocenters. The normalized spacial score (nSPS) is 10.4. The number of aromatic nitrogens is 3. The molecule has 0 radical (unpaired) electrons. The number of carbonyl (C=O) groups excluding carboxylic acids is 1. The van der Waals surface area contributed by atoms with Gasteiger partial charge in [0.1, 0.15) is 17.3 Å². The van der Waals surface area contributed by atoms with E-state index in [1.165, 1.54) is 24.5 Å². The summed E-state index contributed by atoms with van der Waals surface area (Å²) >= 11 is 0. The third-order valence-corrected chi connectivity index (χ3v) is 4.09. The molecule has 0 fully saturated rings. The summed E-state index contributed by atoms with van der Waals surface area (Å²) < 4.78 is 12.9. The van der Waals surface area contributed by atoms with Gasteiger partial charge >= 0.3 is 0 Å². The number of benzene rings is 1. The Morgan fingerprint density at radius 3 is 2.44 bits per heavy atom. The molecule has 0 saturated carbocycles. The molecule has 0 aliphatic heterocycles. The van der Waals surface area contributed by atoms with Crippen molar-refractivity contribution in [3.05, 3.63) is 83.8 Å². The fraction of sp³-hybridized carbons (Fsp3) is 0.200. The molecule has 7 heteroatoms. The molecule has 0 aliphatic rings. The highest BCUT2D eigenvalue weighted by atomic mass is 19.1. The number of pyridine rings is 1. The van der Waals surface area contributed by atoms with Crippen LogP contribution in [0.4, 0.5) is 10.2 Å². The minimum Gasteiger partial charge on any atom is -0.365 e. The zero-order chi connectivity index (χ0) is 19.1. The highest BCUT2D eigenvalue weighted by molar-refractivity contribution is 5.91. The van der Waals surface area contributed by atoms with Crippen LogP contribution < -0.4 is 5.32 Å². The fourth-order valence-electron chi connectivity index (χ4n) is 2.47. The third-order valence-electron chi connectivity index (χ3n) is 4.09. The minimum absolute atomic E-state index is 0.179. The Bertz CT molecular complexity index is 869. The number of anilines is 1. The lowest BCUT2D eigenvalue weighted by molar-refractivity contribution is 0.0790. The average molecular weight is 365 g/mol. The number of rotatable bonds is 7. The van der Waals surface area contributed by atoms with Crippen molar-refractivity contribution < 1.29 is 9.18 Å². The summed E-state index contributed by atoms with van der Waals surface area (Å²) in [7, 11) is 1.74. The second-order valence-electron chi connectivity index (χ2n) is 6.10. The first kappa shape index (κ1) is 18.4. The van der Waals surface area contributed by atoms with E-state index in [1.807, 2.05) is 12.1 Å². The summed E-state index contributed by atoms with van der Waals surface area (Å²) in [5.74, 6) is 0.103. The van der Waals surface area contributed by atoms with E-state index < -0.39 is 0 Å². The van der Waals surface area contributed by atoms with Crippen LogP contribution in [0.2, 0.25) is 0 Å². The molecular formula is C20H20FN5O. The molecule has 2 heterocycles. The molecule has 0 aliphatic carbocycles. The molecule has 0 unspecified atom stereocenters. The topological polar surface area (TPSA) is 71.0 Å². The van der Waals surface area contributed by atoms with Crippen LogP contribution in [0.5, 0.6) is 0 Å². The van der Waals surface area contributed by atoms with Crippen molar-refractivity contribution in [1.82, 2.24) is 19.9 Å². The highest BCUT2D eigenvalue weighted by Gasteiger charge is 2.13. The van der Waals surface area contributed by atoms with Gasteiger partial charge in [-0.25, -0.2) is 14.4 Å². The van der Waals surface area contributed by atoms with E-state index in [1.54, 1.807) is 36.5 Å². The summed E-state index contributed by atoms with van der Waals surface area (Å²) in [5.41, 5.74) is 2.34. The van der Waals surface area contributed by atoms with E-state index in [0.717, 1.165) is 17.5 Å². The van der Waals surface area contributed by atoms with Crippen molar-refractivity contribution in [2.45, 2.75) is 13.0 Å². The van der Waals surface area contributed by atoms with Gasteiger partial charge < -0.3 is 10.2 Å². The van der Waals surface area contributed by atoms with E-state index in [9.17, 15) is 9.18 Å². The molecule has 1 amide bonds. The van der Waals surface area contributed by atoms with Gasteiger partial charge in [0.25, 0.3) is 5.91 Å². The van der Waals surface area contributed by atoms with E-state index >= 15 is 0 Å². The zero-order valence-electron chi connectivity index (χ0n) is 15.0. The molecule has 0 saturated heterocycles.